The van der Waals surface area contributed by atoms with Gasteiger partial charge < -0.3 is 5.32 Å². The number of nitrogens with one attached hydrogen (secondary N) is 1. The van der Waals surface area contributed by atoms with Gasteiger partial charge in [-0.1, -0.05) is 0 Å². The van der Waals surface area contributed by atoms with Crippen LogP contribution in [0.5, 0.6) is 0 Å². The van der Waals surface area contributed by atoms with Gasteiger partial charge in [-0.2, -0.15) is 10.2 Å². The van der Waals surface area contributed by atoms with E-state index in [1.807, 2.05) is 6.07 Å². The molecule has 0 spiro atoms. The summed E-state index contributed by atoms with van der Waals surface area (Å²) in [6.07, 6.45) is 12.6. The van der Waals surface area contributed by atoms with E-state index in [9.17, 15) is 4.79 Å². The lowest BCUT2D eigenvalue weighted by Crippen LogP contribution is -2.33. The smallest absolute Gasteiger partial charge is 0.267 e. The maximum Gasteiger partial charge on any atom is 0.267 e. The molecule has 2 fully saturated rings. The Morgan fingerprint density at radius 1 is 1.00 bits per heavy atom. The molecule has 144 valence electrons. The summed E-state index contributed by atoms with van der Waals surface area (Å²) in [6.45, 7) is 0. The van der Waals surface area contributed by atoms with Gasteiger partial charge in [-0.15, -0.1) is 0 Å². The molecule has 0 bridgehead atoms. The minimum atomic E-state index is 0.00668. The number of rotatable bonds is 5. The van der Waals surface area contributed by atoms with Crippen LogP contribution in [0, 0.1) is 0 Å². The third kappa shape index (κ3) is 3.51. The highest BCUT2D eigenvalue weighted by atomic mass is 16.1. The Bertz CT molecular complexity index is 1000. The zero-order valence-electron chi connectivity index (χ0n) is 15.5. The fourth-order valence-corrected chi connectivity index (χ4v) is 3.83. The van der Waals surface area contributed by atoms with Crippen LogP contribution in [0.15, 0.2) is 42.0 Å². The second-order valence-corrected chi connectivity index (χ2v) is 7.57. The predicted molar refractivity (Wildman–Crippen MR) is 102 cm³/mol. The fourth-order valence-electron chi connectivity index (χ4n) is 3.83. The van der Waals surface area contributed by atoms with Gasteiger partial charge in [0, 0.05) is 18.0 Å². The monoisotopic (exact) mass is 378 g/mol. The average molecular weight is 378 g/mol. The lowest BCUT2D eigenvalue weighted by Gasteiger charge is -2.30. The van der Waals surface area contributed by atoms with Crippen LogP contribution in [0.1, 0.15) is 56.2 Å². The number of aromatic nitrogens is 7. The Kier molecular flexibility index (Phi) is 4.34. The zero-order chi connectivity index (χ0) is 18.9. The molecule has 0 unspecified atom stereocenters. The molecule has 3 aromatic heterocycles. The average Bonchev–Trinajstić information content (AvgIpc) is 3.43. The molecule has 0 aliphatic heterocycles. The predicted octanol–water partition coefficient (Wildman–Crippen LogP) is 2.09. The Balaban J connectivity index is 1.24. The first kappa shape index (κ1) is 17.0. The van der Waals surface area contributed by atoms with Crippen molar-refractivity contribution in [2.75, 3.05) is 5.32 Å². The Labute approximate surface area is 161 Å². The van der Waals surface area contributed by atoms with Gasteiger partial charge in [0.25, 0.3) is 5.56 Å². The van der Waals surface area contributed by atoms with Crippen molar-refractivity contribution in [3.63, 3.8) is 0 Å². The number of nitrogens with zero attached hydrogens (tertiary/aromatic N) is 7. The fraction of sp³-hybridized carbons (Fsp3) is 0.474. The van der Waals surface area contributed by atoms with Crippen molar-refractivity contribution < 1.29 is 0 Å². The van der Waals surface area contributed by atoms with Crippen LogP contribution in [-0.2, 0) is 0 Å². The molecule has 5 rings (SSSR count). The second kappa shape index (κ2) is 7.14. The van der Waals surface area contributed by atoms with E-state index < -0.39 is 0 Å². The summed E-state index contributed by atoms with van der Waals surface area (Å²) in [5, 5.41) is 12.2. The van der Waals surface area contributed by atoms with E-state index in [0.717, 1.165) is 37.2 Å². The molecule has 3 heterocycles. The molecule has 28 heavy (non-hydrogen) atoms. The van der Waals surface area contributed by atoms with E-state index in [1.54, 1.807) is 34.2 Å². The first-order valence-corrected chi connectivity index (χ1v) is 9.79. The summed E-state index contributed by atoms with van der Waals surface area (Å²) >= 11 is 0. The number of hydrogen-bond acceptors (Lipinski definition) is 7. The quantitative estimate of drug-likeness (QED) is 0.725. The summed E-state index contributed by atoms with van der Waals surface area (Å²) in [6, 6.07) is 4.05. The summed E-state index contributed by atoms with van der Waals surface area (Å²) < 4.78 is 3.30. The van der Waals surface area contributed by atoms with Crippen LogP contribution < -0.4 is 10.9 Å². The molecular formula is C19H22N8O. The molecule has 0 saturated heterocycles. The van der Waals surface area contributed by atoms with Crippen LogP contribution in [0.25, 0.3) is 5.82 Å². The van der Waals surface area contributed by atoms with Crippen molar-refractivity contribution in [3.8, 4) is 5.82 Å². The molecule has 2 aliphatic rings. The zero-order valence-corrected chi connectivity index (χ0v) is 15.5. The van der Waals surface area contributed by atoms with E-state index in [2.05, 4.69) is 30.5 Å². The van der Waals surface area contributed by atoms with Gasteiger partial charge in [0.15, 0.2) is 5.82 Å². The first-order chi connectivity index (χ1) is 13.8. The van der Waals surface area contributed by atoms with E-state index in [0.29, 0.717) is 17.8 Å². The molecular weight excluding hydrogens is 356 g/mol. The SMILES string of the molecule is O=c1ccc(C2CC2)nn1C1CCC(Nc2cncc(-n3cncn3)n2)CC1. The highest BCUT2D eigenvalue weighted by Gasteiger charge is 2.28. The third-order valence-corrected chi connectivity index (χ3v) is 5.51. The van der Waals surface area contributed by atoms with Crippen LogP contribution in [0.4, 0.5) is 5.82 Å². The lowest BCUT2D eigenvalue weighted by atomic mass is 9.91. The normalized spacial score (nSPS) is 22.1. The Morgan fingerprint density at radius 2 is 1.86 bits per heavy atom. The second-order valence-electron chi connectivity index (χ2n) is 7.57. The van der Waals surface area contributed by atoms with Crippen molar-refractivity contribution in [1.29, 1.82) is 0 Å². The first-order valence-electron chi connectivity index (χ1n) is 9.79. The van der Waals surface area contributed by atoms with Crippen molar-refractivity contribution in [1.82, 2.24) is 34.5 Å². The Hall–Kier alpha value is -3.10. The van der Waals surface area contributed by atoms with Crippen LogP contribution in [0.3, 0.4) is 0 Å². The number of hydrogen-bond donors (Lipinski definition) is 1. The van der Waals surface area contributed by atoms with Crippen molar-refractivity contribution in [2.45, 2.75) is 56.5 Å². The summed E-state index contributed by atoms with van der Waals surface area (Å²) in [5.74, 6) is 1.91. The molecule has 0 radical (unpaired) electrons. The lowest BCUT2D eigenvalue weighted by molar-refractivity contribution is 0.301. The van der Waals surface area contributed by atoms with Gasteiger partial charge >= 0.3 is 0 Å². The molecule has 0 atom stereocenters. The van der Waals surface area contributed by atoms with E-state index in [-0.39, 0.29) is 11.6 Å². The molecule has 9 heteroatoms. The van der Waals surface area contributed by atoms with E-state index in [1.165, 1.54) is 19.2 Å². The van der Waals surface area contributed by atoms with Crippen molar-refractivity contribution in [2.24, 2.45) is 0 Å². The van der Waals surface area contributed by atoms with Crippen LogP contribution in [0.2, 0.25) is 0 Å². The van der Waals surface area contributed by atoms with E-state index in [4.69, 9.17) is 0 Å². The van der Waals surface area contributed by atoms with Gasteiger partial charge in [0.1, 0.15) is 18.5 Å². The van der Waals surface area contributed by atoms with Gasteiger partial charge in [-0.05, 0) is 44.6 Å². The minimum Gasteiger partial charge on any atom is -0.366 e. The topological polar surface area (TPSA) is 103 Å². The maximum absolute atomic E-state index is 12.3. The largest absolute Gasteiger partial charge is 0.366 e. The summed E-state index contributed by atoms with van der Waals surface area (Å²) in [5.41, 5.74) is 1.08. The van der Waals surface area contributed by atoms with Gasteiger partial charge in [0.2, 0.25) is 0 Å². The summed E-state index contributed by atoms with van der Waals surface area (Å²) in [7, 11) is 0. The molecule has 0 amide bonds. The molecule has 0 aromatic carbocycles. The number of anilines is 1. The molecule has 2 saturated carbocycles. The molecule has 9 nitrogen and oxygen atoms in total. The Morgan fingerprint density at radius 3 is 2.61 bits per heavy atom. The maximum atomic E-state index is 12.3. The van der Waals surface area contributed by atoms with Gasteiger partial charge in [-0.3, -0.25) is 9.78 Å². The van der Waals surface area contributed by atoms with Crippen molar-refractivity contribution >= 4 is 5.82 Å². The van der Waals surface area contributed by atoms with Crippen molar-refractivity contribution in [3.05, 3.63) is 53.2 Å². The highest BCUT2D eigenvalue weighted by molar-refractivity contribution is 5.36. The van der Waals surface area contributed by atoms with E-state index >= 15 is 0 Å². The molecule has 1 N–H and O–H groups in total. The standard InChI is InChI=1S/C19H22N8O/c28-19-8-7-16(13-1-2-13)25-27(19)15-5-3-14(4-6-15)23-17-9-20-10-18(24-17)26-12-21-11-22-26/h7-15H,1-6H2,(H,23,24). The third-order valence-electron chi connectivity index (χ3n) is 5.51. The van der Waals surface area contributed by atoms with Gasteiger partial charge in [-0.25, -0.2) is 19.3 Å². The summed E-state index contributed by atoms with van der Waals surface area (Å²) in [4.78, 5) is 25.0. The minimum absolute atomic E-state index is 0.00668. The van der Waals surface area contributed by atoms with Gasteiger partial charge in [0.05, 0.1) is 24.1 Å². The molecule has 2 aliphatic carbocycles. The van der Waals surface area contributed by atoms with Crippen LogP contribution in [-0.4, -0.2) is 40.6 Å². The molecule has 3 aromatic rings. The van der Waals surface area contributed by atoms with Crippen LogP contribution >= 0.6 is 0 Å². The highest BCUT2D eigenvalue weighted by Crippen LogP contribution is 2.38.